The van der Waals surface area contributed by atoms with Crippen LogP contribution in [0.25, 0.3) is 79.2 Å². The molecule has 6 aromatic carbocycles. The predicted molar refractivity (Wildman–Crippen MR) is 198 cm³/mol. The van der Waals surface area contributed by atoms with Crippen molar-refractivity contribution in [1.29, 1.82) is 5.26 Å². The Kier molecular flexibility index (Phi) is 8.20. The van der Waals surface area contributed by atoms with Crippen LogP contribution in [0.3, 0.4) is 0 Å². The molecule has 0 saturated carbocycles. The minimum absolute atomic E-state index is 0.583. The lowest BCUT2D eigenvalue weighted by atomic mass is 9.99. The predicted octanol–water partition coefficient (Wildman–Crippen LogP) is 10.2. The molecule has 8 aromatic rings. The van der Waals surface area contributed by atoms with Crippen molar-refractivity contribution in [2.24, 2.45) is 0 Å². The summed E-state index contributed by atoms with van der Waals surface area (Å²) in [7, 11) is 0. The van der Waals surface area contributed by atoms with Gasteiger partial charge in [0, 0.05) is 33.4 Å². The van der Waals surface area contributed by atoms with Gasteiger partial charge in [-0.15, -0.1) is 0 Å². The number of nitriles is 1. The average Bonchev–Trinajstić information content (AvgIpc) is 3.21. The maximum Gasteiger partial charge on any atom is 0.164 e. The zero-order chi connectivity index (χ0) is 33.7. The molecule has 0 aliphatic heterocycles. The number of hydrogen-bond acceptors (Lipinski definition) is 6. The minimum atomic E-state index is 0.583. The number of hydrogen-bond donors (Lipinski definition) is 0. The summed E-state index contributed by atoms with van der Waals surface area (Å²) in [4.78, 5) is 24.5. The normalized spacial score (nSPS) is 10.8. The molecule has 8 rings (SSSR count). The van der Waals surface area contributed by atoms with Crippen molar-refractivity contribution in [3.8, 4) is 85.3 Å². The molecule has 6 heteroatoms. The van der Waals surface area contributed by atoms with E-state index in [0.29, 0.717) is 28.9 Å². The molecule has 0 aliphatic rings. The van der Waals surface area contributed by atoms with Gasteiger partial charge in [-0.05, 0) is 35.4 Å². The van der Waals surface area contributed by atoms with E-state index in [1.165, 1.54) is 0 Å². The second kappa shape index (κ2) is 13.6. The summed E-state index contributed by atoms with van der Waals surface area (Å²) in [6.07, 6.45) is 0. The zero-order valence-corrected chi connectivity index (χ0v) is 26.8. The second-order valence-corrected chi connectivity index (χ2v) is 11.7. The molecular formula is C44H28N6. The summed E-state index contributed by atoms with van der Waals surface area (Å²) in [5.74, 6) is 2.49. The van der Waals surface area contributed by atoms with E-state index in [-0.39, 0.29) is 0 Å². The third kappa shape index (κ3) is 6.40. The van der Waals surface area contributed by atoms with Crippen LogP contribution in [0.5, 0.6) is 0 Å². The van der Waals surface area contributed by atoms with Crippen LogP contribution >= 0.6 is 0 Å². The molecule has 0 spiro atoms. The molecule has 2 heterocycles. The fraction of sp³-hybridized carbons (Fsp3) is 0. The molecule has 0 atom stereocenters. The van der Waals surface area contributed by atoms with E-state index < -0.39 is 0 Å². The highest BCUT2D eigenvalue weighted by atomic mass is 15.0. The van der Waals surface area contributed by atoms with Gasteiger partial charge in [0.25, 0.3) is 0 Å². The lowest BCUT2D eigenvalue weighted by Gasteiger charge is -2.11. The first kappa shape index (κ1) is 30.2. The molecule has 0 radical (unpaired) electrons. The molecule has 234 valence electrons. The summed E-state index contributed by atoms with van der Waals surface area (Å²) in [5, 5.41) is 9.52. The van der Waals surface area contributed by atoms with Gasteiger partial charge in [0.05, 0.1) is 23.0 Å². The Morgan fingerprint density at radius 2 is 0.680 bits per heavy atom. The number of aromatic nitrogens is 5. The van der Waals surface area contributed by atoms with Crippen molar-refractivity contribution in [2.75, 3.05) is 0 Å². The van der Waals surface area contributed by atoms with E-state index in [1.54, 1.807) is 6.07 Å². The highest BCUT2D eigenvalue weighted by Gasteiger charge is 2.14. The van der Waals surface area contributed by atoms with Gasteiger partial charge in [0.15, 0.2) is 23.3 Å². The Bertz CT molecular complexity index is 2420. The maximum absolute atomic E-state index is 9.52. The van der Waals surface area contributed by atoms with Gasteiger partial charge in [-0.3, -0.25) is 0 Å². The van der Waals surface area contributed by atoms with Crippen molar-refractivity contribution >= 4 is 0 Å². The van der Waals surface area contributed by atoms with E-state index in [4.69, 9.17) is 24.9 Å². The molecule has 0 aliphatic carbocycles. The third-order valence-electron chi connectivity index (χ3n) is 8.38. The highest BCUT2D eigenvalue weighted by Crippen LogP contribution is 2.32. The fourth-order valence-corrected chi connectivity index (χ4v) is 5.81. The van der Waals surface area contributed by atoms with Gasteiger partial charge < -0.3 is 0 Å². The molecule has 0 saturated heterocycles. The van der Waals surface area contributed by atoms with E-state index in [2.05, 4.69) is 48.5 Å². The van der Waals surface area contributed by atoms with Crippen LogP contribution in [0.2, 0.25) is 0 Å². The molecule has 0 bridgehead atoms. The van der Waals surface area contributed by atoms with Crippen LogP contribution in [0.1, 0.15) is 5.56 Å². The summed E-state index contributed by atoms with van der Waals surface area (Å²) < 4.78 is 0. The standard InChI is InChI=1S/C44H28N6/c45-29-30-12-10-20-37(26-30)39-28-40(47-41(46-39)32-13-4-1-5-14-32)38-21-11-19-36(27-38)31-22-24-35(25-23-31)44-49-42(33-15-6-2-7-16-33)48-43(50-44)34-17-8-3-9-18-34/h1-28H. The van der Waals surface area contributed by atoms with Crippen molar-refractivity contribution in [2.45, 2.75) is 0 Å². The lowest BCUT2D eigenvalue weighted by molar-refractivity contribution is 1.07. The molecular weight excluding hydrogens is 613 g/mol. The van der Waals surface area contributed by atoms with Crippen molar-refractivity contribution in [1.82, 2.24) is 24.9 Å². The first-order valence-corrected chi connectivity index (χ1v) is 16.2. The molecule has 0 fully saturated rings. The van der Waals surface area contributed by atoms with E-state index in [0.717, 1.165) is 55.9 Å². The van der Waals surface area contributed by atoms with Gasteiger partial charge in [-0.1, -0.05) is 146 Å². The Morgan fingerprint density at radius 3 is 1.18 bits per heavy atom. The fourth-order valence-electron chi connectivity index (χ4n) is 5.81. The van der Waals surface area contributed by atoms with Crippen molar-refractivity contribution < 1.29 is 0 Å². The summed E-state index contributed by atoms with van der Waals surface area (Å²) >= 11 is 0. The molecule has 0 amide bonds. The summed E-state index contributed by atoms with van der Waals surface area (Å²) in [5.41, 5.74) is 9.73. The first-order valence-electron chi connectivity index (χ1n) is 16.2. The molecule has 0 unspecified atom stereocenters. The Morgan fingerprint density at radius 1 is 0.300 bits per heavy atom. The number of nitrogens with zero attached hydrogens (tertiary/aromatic N) is 6. The van der Waals surface area contributed by atoms with Gasteiger partial charge in [-0.2, -0.15) is 5.26 Å². The largest absolute Gasteiger partial charge is 0.228 e. The topological polar surface area (TPSA) is 88.2 Å². The van der Waals surface area contributed by atoms with Crippen molar-refractivity contribution in [3.05, 3.63) is 175 Å². The molecule has 2 aromatic heterocycles. The van der Waals surface area contributed by atoms with Crippen LogP contribution < -0.4 is 0 Å². The van der Waals surface area contributed by atoms with Crippen LogP contribution in [0, 0.1) is 11.3 Å². The van der Waals surface area contributed by atoms with Gasteiger partial charge >= 0.3 is 0 Å². The number of rotatable bonds is 7. The van der Waals surface area contributed by atoms with Crippen LogP contribution in [-0.2, 0) is 0 Å². The lowest BCUT2D eigenvalue weighted by Crippen LogP contribution is -2.00. The second-order valence-electron chi connectivity index (χ2n) is 11.7. The Labute approximate surface area is 290 Å². The van der Waals surface area contributed by atoms with Crippen LogP contribution in [-0.4, -0.2) is 24.9 Å². The van der Waals surface area contributed by atoms with Crippen molar-refractivity contribution in [3.63, 3.8) is 0 Å². The summed E-state index contributed by atoms with van der Waals surface area (Å²) in [6.45, 7) is 0. The maximum atomic E-state index is 9.52. The van der Waals surface area contributed by atoms with Crippen LogP contribution in [0.15, 0.2) is 170 Å². The van der Waals surface area contributed by atoms with Crippen LogP contribution in [0.4, 0.5) is 0 Å². The number of benzene rings is 6. The smallest absolute Gasteiger partial charge is 0.164 e. The first-order chi connectivity index (χ1) is 24.7. The van der Waals surface area contributed by atoms with E-state index in [9.17, 15) is 5.26 Å². The van der Waals surface area contributed by atoms with E-state index >= 15 is 0 Å². The van der Waals surface area contributed by atoms with Gasteiger partial charge in [-0.25, -0.2) is 24.9 Å². The highest BCUT2D eigenvalue weighted by molar-refractivity contribution is 5.77. The van der Waals surface area contributed by atoms with Gasteiger partial charge in [0.2, 0.25) is 0 Å². The molecule has 6 nitrogen and oxygen atoms in total. The Hall–Kier alpha value is -7.10. The zero-order valence-electron chi connectivity index (χ0n) is 26.8. The molecule has 50 heavy (non-hydrogen) atoms. The monoisotopic (exact) mass is 640 g/mol. The minimum Gasteiger partial charge on any atom is -0.228 e. The average molecular weight is 641 g/mol. The molecule has 0 N–H and O–H groups in total. The van der Waals surface area contributed by atoms with E-state index in [1.807, 2.05) is 121 Å². The third-order valence-corrected chi connectivity index (χ3v) is 8.38. The summed E-state index contributed by atoms with van der Waals surface area (Å²) in [6, 6.07) is 58.3. The quantitative estimate of drug-likeness (QED) is 0.172. The SMILES string of the molecule is N#Cc1cccc(-c2cc(-c3cccc(-c4ccc(-c5nc(-c6ccccc6)nc(-c6ccccc6)n5)cc4)c3)nc(-c3ccccc3)n2)c1. The van der Waals surface area contributed by atoms with Gasteiger partial charge in [0.1, 0.15) is 0 Å². The Balaban J connectivity index is 1.16.